The van der Waals surface area contributed by atoms with E-state index in [1.54, 1.807) is 19.1 Å². The first-order valence-electron chi connectivity index (χ1n) is 9.25. The fourth-order valence-corrected chi connectivity index (χ4v) is 4.11. The molecule has 1 aliphatic rings. The van der Waals surface area contributed by atoms with Crippen molar-refractivity contribution in [2.75, 3.05) is 11.2 Å². The maximum atomic E-state index is 12.8. The molecule has 0 N–H and O–H groups in total. The lowest BCUT2D eigenvalue weighted by Gasteiger charge is -2.25. The molecule has 1 saturated carbocycles. The number of nitrogens with zero attached hydrogens (tertiary/aromatic N) is 4. The van der Waals surface area contributed by atoms with E-state index in [9.17, 15) is 18.5 Å². The van der Waals surface area contributed by atoms with Crippen molar-refractivity contribution in [2.24, 2.45) is 0 Å². The highest BCUT2D eigenvalue weighted by molar-refractivity contribution is 7.90. The summed E-state index contributed by atoms with van der Waals surface area (Å²) in [5.74, 6) is 0.397. The molecule has 1 heterocycles. The Hall–Kier alpha value is -2.79. The van der Waals surface area contributed by atoms with Gasteiger partial charge in [-0.15, -0.1) is 0 Å². The Morgan fingerprint density at radius 2 is 1.89 bits per heavy atom. The van der Waals surface area contributed by atoms with E-state index in [1.165, 1.54) is 23.2 Å². The van der Waals surface area contributed by atoms with Crippen molar-refractivity contribution in [3.8, 4) is 6.07 Å². The molecule has 7 nitrogen and oxygen atoms in total. The van der Waals surface area contributed by atoms with Crippen molar-refractivity contribution in [2.45, 2.75) is 49.8 Å². The van der Waals surface area contributed by atoms with Crippen molar-refractivity contribution in [1.82, 2.24) is 9.97 Å². The first-order valence-corrected chi connectivity index (χ1v) is 11.1. The number of anilines is 2. The number of hydrogen-bond donors (Lipinski definition) is 0. The lowest BCUT2D eigenvalue weighted by atomic mass is 10.0. The van der Waals surface area contributed by atoms with Crippen LogP contribution in [0.15, 0.2) is 35.4 Å². The minimum Gasteiger partial charge on any atom is -0.274 e. The fraction of sp³-hybridized carbons (Fsp3) is 0.400. The number of sulfone groups is 1. The van der Waals surface area contributed by atoms with Gasteiger partial charge >= 0.3 is 0 Å². The second-order valence-electron chi connectivity index (χ2n) is 6.91. The van der Waals surface area contributed by atoms with Crippen molar-refractivity contribution >= 4 is 27.2 Å². The van der Waals surface area contributed by atoms with Crippen molar-refractivity contribution < 1.29 is 13.2 Å². The second-order valence-corrected chi connectivity index (χ2v) is 8.92. The number of aromatic nitrogens is 2. The third kappa shape index (κ3) is 4.04. The van der Waals surface area contributed by atoms with Gasteiger partial charge in [0.2, 0.25) is 5.91 Å². The molecule has 0 bridgehead atoms. The maximum Gasteiger partial charge on any atom is 0.232 e. The van der Waals surface area contributed by atoms with Gasteiger partial charge in [0.1, 0.15) is 6.07 Å². The fourth-order valence-electron chi connectivity index (χ4n) is 3.48. The van der Waals surface area contributed by atoms with Crippen molar-refractivity contribution in [1.29, 1.82) is 5.26 Å². The number of nitriles is 1. The molecule has 8 heteroatoms. The molecule has 0 unspecified atom stereocenters. The Balaban J connectivity index is 2.13. The third-order valence-electron chi connectivity index (χ3n) is 4.92. The quantitative estimate of drug-likeness (QED) is 0.764. The van der Waals surface area contributed by atoms with E-state index < -0.39 is 9.84 Å². The summed E-state index contributed by atoms with van der Waals surface area (Å²) in [5.41, 5.74) is 1.41. The lowest BCUT2D eigenvalue weighted by Crippen LogP contribution is -2.28. The normalized spacial score (nSPS) is 14.6. The van der Waals surface area contributed by atoms with Crippen LogP contribution < -0.4 is 4.90 Å². The second kappa shape index (κ2) is 8.07. The Labute approximate surface area is 165 Å². The van der Waals surface area contributed by atoms with Crippen molar-refractivity contribution in [3.63, 3.8) is 0 Å². The van der Waals surface area contributed by atoms with E-state index in [0.29, 0.717) is 17.2 Å². The van der Waals surface area contributed by atoms with Crippen LogP contribution in [0, 0.1) is 11.3 Å². The van der Waals surface area contributed by atoms with Gasteiger partial charge in [0.15, 0.2) is 21.3 Å². The number of carbonyl (C=O) groups is 1. The minimum atomic E-state index is -3.33. The molecule has 1 aromatic carbocycles. The van der Waals surface area contributed by atoms with Gasteiger partial charge in [-0.05, 0) is 37.1 Å². The Morgan fingerprint density at radius 3 is 2.43 bits per heavy atom. The molecule has 146 valence electrons. The standard InChI is InChI=1S/C20H22N4O3S/c1-3-18(25)24(16-8-10-17(11-9-16)28(2,26)27)20-19(14-6-4-5-7-14)23-15(12-21)13-22-20/h8-11,13-14H,3-7H2,1-2H3. The predicted molar refractivity (Wildman–Crippen MR) is 105 cm³/mol. The van der Waals surface area contributed by atoms with E-state index in [1.807, 2.05) is 6.07 Å². The van der Waals surface area contributed by atoms with Gasteiger partial charge in [-0.1, -0.05) is 19.8 Å². The predicted octanol–water partition coefficient (Wildman–Crippen LogP) is 3.48. The molecule has 0 aliphatic heterocycles. The van der Waals surface area contributed by atoms with Crippen LogP contribution in [-0.2, 0) is 14.6 Å². The van der Waals surface area contributed by atoms with Crippen LogP contribution in [0.3, 0.4) is 0 Å². The summed E-state index contributed by atoms with van der Waals surface area (Å²) in [4.78, 5) is 23.3. The minimum absolute atomic E-state index is 0.151. The lowest BCUT2D eigenvalue weighted by molar-refractivity contribution is -0.117. The highest BCUT2D eigenvalue weighted by Crippen LogP contribution is 2.39. The smallest absolute Gasteiger partial charge is 0.232 e. The number of rotatable bonds is 5. The maximum absolute atomic E-state index is 12.8. The molecule has 0 spiro atoms. The van der Waals surface area contributed by atoms with Crippen LogP contribution in [0.5, 0.6) is 0 Å². The summed E-state index contributed by atoms with van der Waals surface area (Å²) in [7, 11) is -3.33. The number of benzene rings is 1. The van der Waals surface area contributed by atoms with Gasteiger partial charge < -0.3 is 0 Å². The molecular formula is C20H22N4O3S. The molecule has 1 fully saturated rings. The molecule has 3 rings (SSSR count). The summed E-state index contributed by atoms with van der Waals surface area (Å²) in [6.07, 6.45) is 6.80. The Bertz CT molecular complexity index is 1020. The van der Waals surface area contributed by atoms with Crippen LogP contribution in [0.4, 0.5) is 11.5 Å². The summed E-state index contributed by atoms with van der Waals surface area (Å²) in [6, 6.07) is 8.18. The number of carbonyl (C=O) groups excluding carboxylic acids is 1. The van der Waals surface area contributed by atoms with Gasteiger partial charge in [0.05, 0.1) is 22.5 Å². The van der Waals surface area contributed by atoms with E-state index in [4.69, 9.17) is 0 Å². The molecule has 0 saturated heterocycles. The van der Waals surface area contributed by atoms with E-state index in [-0.39, 0.29) is 28.8 Å². The summed E-state index contributed by atoms with van der Waals surface area (Å²) in [6.45, 7) is 1.76. The highest BCUT2D eigenvalue weighted by atomic mass is 32.2. The molecule has 0 radical (unpaired) electrons. The topological polar surface area (TPSA) is 104 Å². The summed E-state index contributed by atoms with van der Waals surface area (Å²) >= 11 is 0. The van der Waals surface area contributed by atoms with Crippen molar-refractivity contribution in [3.05, 3.63) is 41.9 Å². The van der Waals surface area contributed by atoms with E-state index >= 15 is 0 Å². The van der Waals surface area contributed by atoms with Gasteiger partial charge in [0, 0.05) is 18.6 Å². The zero-order valence-electron chi connectivity index (χ0n) is 15.9. The zero-order valence-corrected chi connectivity index (χ0v) is 16.7. The molecule has 1 aromatic heterocycles. The Morgan fingerprint density at radius 1 is 1.25 bits per heavy atom. The first kappa shape index (κ1) is 20.0. The monoisotopic (exact) mass is 398 g/mol. The Kier molecular flexibility index (Phi) is 5.75. The SMILES string of the molecule is CCC(=O)N(c1ccc(S(C)(=O)=O)cc1)c1ncc(C#N)nc1C1CCCC1. The number of hydrogen-bond acceptors (Lipinski definition) is 6. The largest absolute Gasteiger partial charge is 0.274 e. The summed E-state index contributed by atoms with van der Waals surface area (Å²) < 4.78 is 23.5. The van der Waals surface area contributed by atoms with Crippen LogP contribution >= 0.6 is 0 Å². The molecule has 1 amide bonds. The van der Waals surface area contributed by atoms with Gasteiger partial charge in [-0.2, -0.15) is 5.26 Å². The number of amides is 1. The molecule has 1 aliphatic carbocycles. The molecule has 2 aromatic rings. The average Bonchev–Trinajstić information content (AvgIpc) is 3.22. The summed E-state index contributed by atoms with van der Waals surface area (Å²) in [5, 5.41) is 9.22. The van der Waals surface area contributed by atoms with E-state index in [0.717, 1.165) is 31.9 Å². The van der Waals surface area contributed by atoms with Crippen LogP contribution in [0.2, 0.25) is 0 Å². The van der Waals surface area contributed by atoms with Crippen LogP contribution in [-0.4, -0.2) is 30.5 Å². The molecular weight excluding hydrogens is 376 g/mol. The first-order chi connectivity index (χ1) is 13.3. The molecule has 0 atom stereocenters. The van der Waals surface area contributed by atoms with Crippen LogP contribution in [0.1, 0.15) is 56.3 Å². The zero-order chi connectivity index (χ0) is 20.3. The van der Waals surface area contributed by atoms with Gasteiger partial charge in [-0.25, -0.2) is 18.4 Å². The van der Waals surface area contributed by atoms with E-state index in [2.05, 4.69) is 9.97 Å². The highest BCUT2D eigenvalue weighted by Gasteiger charge is 2.28. The average molecular weight is 398 g/mol. The molecule has 28 heavy (non-hydrogen) atoms. The van der Waals surface area contributed by atoms with Crippen LogP contribution in [0.25, 0.3) is 0 Å². The van der Waals surface area contributed by atoms with Gasteiger partial charge in [0.25, 0.3) is 0 Å². The van der Waals surface area contributed by atoms with Gasteiger partial charge in [-0.3, -0.25) is 9.69 Å². The third-order valence-corrected chi connectivity index (χ3v) is 6.05.